The molecule has 8 heteroatoms. The minimum absolute atomic E-state index is 0.145. The van der Waals surface area contributed by atoms with Crippen molar-refractivity contribution in [1.82, 2.24) is 15.1 Å². The summed E-state index contributed by atoms with van der Waals surface area (Å²) in [7, 11) is 0. The topological polar surface area (TPSA) is 79.0 Å². The molecule has 1 aliphatic rings. The Hall–Kier alpha value is -3.42. The molecule has 1 fully saturated rings. The van der Waals surface area contributed by atoms with Gasteiger partial charge in [-0.3, -0.25) is 14.4 Å². The van der Waals surface area contributed by atoms with Crippen LogP contribution in [0.1, 0.15) is 12.5 Å². The first-order valence-electron chi connectivity index (χ1n) is 9.33. The highest BCUT2D eigenvalue weighted by atomic mass is 19.1. The van der Waals surface area contributed by atoms with E-state index in [1.807, 2.05) is 6.92 Å². The van der Waals surface area contributed by atoms with Crippen LogP contribution in [-0.4, -0.2) is 53.7 Å². The molecule has 3 rings (SSSR count). The number of nitrogens with one attached hydrogen (secondary N) is 1. The van der Waals surface area contributed by atoms with E-state index in [-0.39, 0.29) is 24.8 Å². The first kappa shape index (κ1) is 20.3. The summed E-state index contributed by atoms with van der Waals surface area (Å²) in [6.45, 7) is 3.21. The van der Waals surface area contributed by atoms with Gasteiger partial charge in [-0.25, -0.2) is 4.39 Å². The first-order valence-corrected chi connectivity index (χ1v) is 9.33. The van der Waals surface area contributed by atoms with E-state index in [0.717, 1.165) is 5.56 Å². The van der Waals surface area contributed by atoms with E-state index in [2.05, 4.69) is 5.32 Å². The molecule has 0 atom stereocenters. The maximum absolute atomic E-state index is 12.9. The Morgan fingerprint density at radius 3 is 2.14 bits per heavy atom. The zero-order valence-electron chi connectivity index (χ0n) is 16.1. The van der Waals surface area contributed by atoms with Crippen LogP contribution >= 0.6 is 0 Å². The lowest BCUT2D eigenvalue weighted by Gasteiger charge is -2.32. The number of rotatable bonds is 7. The van der Waals surface area contributed by atoms with Gasteiger partial charge < -0.3 is 19.9 Å². The number of likely N-dealkylation sites (N-methyl/N-ethyl adjacent to an activating group) is 1. The number of halogens is 1. The number of carbonyl (C=O) groups excluding carboxylic acids is 3. The smallest absolute Gasteiger partial charge is 0.312 e. The molecule has 0 unspecified atom stereocenters. The molecular formula is C21H22FN3O4. The van der Waals surface area contributed by atoms with E-state index >= 15 is 0 Å². The van der Waals surface area contributed by atoms with Gasteiger partial charge >= 0.3 is 11.8 Å². The van der Waals surface area contributed by atoms with E-state index in [0.29, 0.717) is 31.1 Å². The number of hydrogen-bond donors (Lipinski definition) is 1. The summed E-state index contributed by atoms with van der Waals surface area (Å²) in [6.07, 6.45) is 0. The molecule has 0 saturated carbocycles. The fourth-order valence-corrected chi connectivity index (χ4v) is 2.91. The SMILES string of the molecule is CCN1CCN(CC(=O)NCc2ccc(Oc3ccc(F)cc3)cc2)C(=O)C1=O. The number of benzene rings is 2. The third-order valence-corrected chi connectivity index (χ3v) is 4.58. The molecule has 29 heavy (non-hydrogen) atoms. The highest BCUT2D eigenvalue weighted by Crippen LogP contribution is 2.21. The normalized spacial score (nSPS) is 14.1. The molecule has 1 saturated heterocycles. The van der Waals surface area contributed by atoms with Crippen molar-refractivity contribution in [3.63, 3.8) is 0 Å². The summed E-state index contributed by atoms with van der Waals surface area (Å²) >= 11 is 0. The third-order valence-electron chi connectivity index (χ3n) is 4.58. The zero-order valence-corrected chi connectivity index (χ0v) is 16.1. The Morgan fingerprint density at radius 2 is 1.52 bits per heavy atom. The molecule has 0 spiro atoms. The molecule has 2 aromatic rings. The Balaban J connectivity index is 1.47. The fraction of sp³-hybridized carbons (Fsp3) is 0.286. The number of carbonyl (C=O) groups is 3. The van der Waals surface area contributed by atoms with Gasteiger partial charge in [-0.1, -0.05) is 12.1 Å². The van der Waals surface area contributed by atoms with Crippen LogP contribution in [0.2, 0.25) is 0 Å². The van der Waals surface area contributed by atoms with Crippen LogP contribution in [0, 0.1) is 5.82 Å². The molecule has 152 valence electrons. The van der Waals surface area contributed by atoms with Gasteiger partial charge in [0.25, 0.3) is 0 Å². The summed E-state index contributed by atoms with van der Waals surface area (Å²) in [5, 5.41) is 2.74. The predicted molar refractivity (Wildman–Crippen MR) is 104 cm³/mol. The van der Waals surface area contributed by atoms with Crippen molar-refractivity contribution in [2.75, 3.05) is 26.2 Å². The van der Waals surface area contributed by atoms with Crippen LogP contribution in [-0.2, 0) is 20.9 Å². The van der Waals surface area contributed by atoms with Gasteiger partial charge in [0.05, 0.1) is 0 Å². The van der Waals surface area contributed by atoms with Gasteiger partial charge in [0, 0.05) is 26.2 Å². The van der Waals surface area contributed by atoms with E-state index in [1.165, 1.54) is 34.1 Å². The van der Waals surface area contributed by atoms with Crippen molar-refractivity contribution in [2.45, 2.75) is 13.5 Å². The van der Waals surface area contributed by atoms with Gasteiger partial charge in [0.15, 0.2) is 0 Å². The number of nitrogens with zero attached hydrogens (tertiary/aromatic N) is 2. The average molecular weight is 399 g/mol. The van der Waals surface area contributed by atoms with Gasteiger partial charge in [-0.2, -0.15) is 0 Å². The van der Waals surface area contributed by atoms with Gasteiger partial charge in [0.1, 0.15) is 23.9 Å². The standard InChI is InChI=1S/C21H22FN3O4/c1-2-24-11-12-25(21(28)20(24)27)14-19(26)23-13-15-3-7-17(8-4-15)29-18-9-5-16(22)6-10-18/h3-10H,2,11-14H2,1H3,(H,23,26). The molecule has 1 aliphatic heterocycles. The number of ether oxygens (including phenoxy) is 1. The van der Waals surface area contributed by atoms with Crippen molar-refractivity contribution in [3.8, 4) is 11.5 Å². The van der Waals surface area contributed by atoms with Crippen LogP contribution in [0.4, 0.5) is 4.39 Å². The minimum atomic E-state index is -0.643. The summed E-state index contributed by atoms with van der Waals surface area (Å²) in [6, 6.07) is 12.8. The molecule has 1 N–H and O–H groups in total. The van der Waals surface area contributed by atoms with Crippen molar-refractivity contribution in [3.05, 3.63) is 59.9 Å². The predicted octanol–water partition coefficient (Wildman–Crippen LogP) is 1.92. The molecule has 0 aromatic heterocycles. The fourth-order valence-electron chi connectivity index (χ4n) is 2.91. The number of piperazine rings is 1. The molecular weight excluding hydrogens is 377 g/mol. The van der Waals surface area contributed by atoms with Gasteiger partial charge in [-0.15, -0.1) is 0 Å². The zero-order chi connectivity index (χ0) is 20.8. The highest BCUT2D eigenvalue weighted by Gasteiger charge is 2.32. The molecule has 0 bridgehead atoms. The average Bonchev–Trinajstić information content (AvgIpc) is 2.73. The van der Waals surface area contributed by atoms with Crippen molar-refractivity contribution in [2.24, 2.45) is 0 Å². The van der Waals surface area contributed by atoms with Crippen LogP contribution < -0.4 is 10.1 Å². The van der Waals surface area contributed by atoms with Crippen LogP contribution in [0.3, 0.4) is 0 Å². The summed E-state index contributed by atoms with van der Waals surface area (Å²) in [5.74, 6) is -0.761. The minimum Gasteiger partial charge on any atom is -0.457 e. The largest absolute Gasteiger partial charge is 0.457 e. The molecule has 3 amide bonds. The second-order valence-electron chi connectivity index (χ2n) is 6.59. The molecule has 1 heterocycles. The van der Waals surface area contributed by atoms with Crippen LogP contribution in [0.25, 0.3) is 0 Å². The summed E-state index contributed by atoms with van der Waals surface area (Å²) < 4.78 is 18.5. The van der Waals surface area contributed by atoms with E-state index in [9.17, 15) is 18.8 Å². The quantitative estimate of drug-likeness (QED) is 0.722. The molecule has 2 aromatic carbocycles. The number of hydrogen-bond acceptors (Lipinski definition) is 4. The lowest BCUT2D eigenvalue weighted by molar-refractivity contribution is -0.156. The number of amides is 3. The maximum atomic E-state index is 12.9. The Kier molecular flexibility index (Phi) is 6.43. The van der Waals surface area contributed by atoms with E-state index in [1.54, 1.807) is 24.3 Å². The first-order chi connectivity index (χ1) is 14.0. The highest BCUT2D eigenvalue weighted by molar-refractivity contribution is 6.35. The lowest BCUT2D eigenvalue weighted by atomic mass is 10.2. The lowest BCUT2D eigenvalue weighted by Crippen LogP contribution is -2.56. The second kappa shape index (κ2) is 9.18. The molecule has 7 nitrogen and oxygen atoms in total. The van der Waals surface area contributed by atoms with Gasteiger partial charge in [0.2, 0.25) is 5.91 Å². The Bertz CT molecular complexity index is 884. The van der Waals surface area contributed by atoms with Crippen molar-refractivity contribution < 1.29 is 23.5 Å². The monoisotopic (exact) mass is 399 g/mol. The third kappa shape index (κ3) is 5.31. The van der Waals surface area contributed by atoms with E-state index in [4.69, 9.17) is 4.74 Å². The molecule has 0 radical (unpaired) electrons. The van der Waals surface area contributed by atoms with Crippen LogP contribution in [0.5, 0.6) is 11.5 Å². The van der Waals surface area contributed by atoms with Gasteiger partial charge in [-0.05, 0) is 48.9 Å². The van der Waals surface area contributed by atoms with Crippen molar-refractivity contribution >= 4 is 17.7 Å². The Labute approximate surface area is 168 Å². The second-order valence-corrected chi connectivity index (χ2v) is 6.59. The Morgan fingerprint density at radius 1 is 0.966 bits per heavy atom. The van der Waals surface area contributed by atoms with E-state index < -0.39 is 11.8 Å². The summed E-state index contributed by atoms with van der Waals surface area (Å²) in [4.78, 5) is 38.8. The maximum Gasteiger partial charge on any atom is 0.312 e. The molecule has 0 aliphatic carbocycles. The van der Waals surface area contributed by atoms with Crippen molar-refractivity contribution in [1.29, 1.82) is 0 Å². The summed E-state index contributed by atoms with van der Waals surface area (Å²) in [5.41, 5.74) is 0.850. The van der Waals surface area contributed by atoms with Crippen LogP contribution in [0.15, 0.2) is 48.5 Å².